The van der Waals surface area contributed by atoms with E-state index in [9.17, 15) is 0 Å². The first kappa shape index (κ1) is 17.2. The van der Waals surface area contributed by atoms with Crippen molar-refractivity contribution in [2.75, 3.05) is 6.54 Å². The lowest BCUT2D eigenvalue weighted by Gasteiger charge is -2.05. The summed E-state index contributed by atoms with van der Waals surface area (Å²) in [4.78, 5) is 0. The first-order valence-electron chi connectivity index (χ1n) is 8.45. The third kappa shape index (κ3) is 8.36. The molecule has 0 atom stereocenters. The third-order valence-electron chi connectivity index (χ3n) is 3.55. The van der Waals surface area contributed by atoms with Crippen molar-refractivity contribution in [1.82, 2.24) is 15.1 Å². The van der Waals surface area contributed by atoms with E-state index < -0.39 is 0 Å². The molecule has 1 heterocycles. The molecule has 0 radical (unpaired) electrons. The van der Waals surface area contributed by atoms with Crippen LogP contribution in [0.4, 0.5) is 0 Å². The zero-order valence-electron chi connectivity index (χ0n) is 13.7. The first-order chi connectivity index (χ1) is 9.72. The van der Waals surface area contributed by atoms with Gasteiger partial charge in [0.15, 0.2) is 0 Å². The molecule has 3 nitrogen and oxygen atoms in total. The minimum atomic E-state index is 0.699. The maximum atomic E-state index is 4.61. The molecule has 0 aliphatic carbocycles. The fourth-order valence-corrected chi connectivity index (χ4v) is 2.34. The van der Waals surface area contributed by atoms with Gasteiger partial charge in [0.1, 0.15) is 0 Å². The number of rotatable bonds is 12. The average Bonchev–Trinajstić information content (AvgIpc) is 2.85. The Balaban J connectivity index is 2.05. The summed E-state index contributed by atoms with van der Waals surface area (Å²) in [5, 5.41) is 8.04. The molecule has 0 spiro atoms. The largest absolute Gasteiger partial charge is 0.311 e. The molecule has 1 N–H and O–H groups in total. The SMILES string of the molecule is CCCCCCCCCn1ccc(CNCC(C)C)n1. The fraction of sp³-hybridized carbons (Fsp3) is 0.824. The van der Waals surface area contributed by atoms with Crippen LogP contribution in [0, 0.1) is 5.92 Å². The number of hydrogen-bond donors (Lipinski definition) is 1. The molecule has 0 aromatic carbocycles. The molecule has 0 saturated heterocycles. The van der Waals surface area contributed by atoms with Crippen molar-refractivity contribution in [2.24, 2.45) is 5.92 Å². The Morgan fingerprint density at radius 1 is 1.10 bits per heavy atom. The van der Waals surface area contributed by atoms with Crippen LogP contribution in [0.15, 0.2) is 12.3 Å². The molecule has 116 valence electrons. The zero-order valence-corrected chi connectivity index (χ0v) is 13.7. The summed E-state index contributed by atoms with van der Waals surface area (Å²) in [6.45, 7) is 9.74. The second-order valence-corrected chi connectivity index (χ2v) is 6.22. The Morgan fingerprint density at radius 3 is 2.50 bits per heavy atom. The second kappa shape index (κ2) is 10.9. The van der Waals surface area contributed by atoms with Gasteiger partial charge in [0.2, 0.25) is 0 Å². The molecule has 0 aliphatic rings. The molecule has 0 unspecified atom stereocenters. The van der Waals surface area contributed by atoms with Crippen molar-refractivity contribution in [2.45, 2.75) is 78.8 Å². The van der Waals surface area contributed by atoms with Crippen LogP contribution in [0.25, 0.3) is 0 Å². The van der Waals surface area contributed by atoms with Gasteiger partial charge in [-0.05, 0) is 24.9 Å². The van der Waals surface area contributed by atoms with Gasteiger partial charge in [-0.2, -0.15) is 5.10 Å². The lowest BCUT2D eigenvalue weighted by Crippen LogP contribution is -2.19. The summed E-state index contributed by atoms with van der Waals surface area (Å²) < 4.78 is 2.10. The highest BCUT2D eigenvalue weighted by molar-refractivity contribution is 4.98. The van der Waals surface area contributed by atoms with Crippen LogP contribution in [-0.2, 0) is 13.1 Å². The smallest absolute Gasteiger partial charge is 0.0762 e. The van der Waals surface area contributed by atoms with Crippen LogP contribution in [-0.4, -0.2) is 16.3 Å². The van der Waals surface area contributed by atoms with E-state index in [2.05, 4.69) is 48.1 Å². The average molecular weight is 279 g/mol. The van der Waals surface area contributed by atoms with Crippen LogP contribution >= 0.6 is 0 Å². The Bertz CT molecular complexity index is 331. The van der Waals surface area contributed by atoms with Gasteiger partial charge in [-0.1, -0.05) is 59.3 Å². The molecule has 1 aromatic rings. The highest BCUT2D eigenvalue weighted by atomic mass is 15.3. The molecule has 0 saturated carbocycles. The monoisotopic (exact) mass is 279 g/mol. The summed E-state index contributed by atoms with van der Waals surface area (Å²) in [5.41, 5.74) is 1.16. The summed E-state index contributed by atoms with van der Waals surface area (Å²) >= 11 is 0. The van der Waals surface area contributed by atoms with E-state index in [-0.39, 0.29) is 0 Å². The van der Waals surface area contributed by atoms with Gasteiger partial charge < -0.3 is 5.32 Å². The fourth-order valence-electron chi connectivity index (χ4n) is 2.34. The maximum Gasteiger partial charge on any atom is 0.0762 e. The summed E-state index contributed by atoms with van der Waals surface area (Å²) in [7, 11) is 0. The van der Waals surface area contributed by atoms with Crippen molar-refractivity contribution in [3.8, 4) is 0 Å². The molecule has 20 heavy (non-hydrogen) atoms. The minimum Gasteiger partial charge on any atom is -0.311 e. The van der Waals surface area contributed by atoms with Gasteiger partial charge in [-0.3, -0.25) is 4.68 Å². The van der Waals surface area contributed by atoms with E-state index in [0.717, 1.165) is 25.3 Å². The van der Waals surface area contributed by atoms with Gasteiger partial charge in [0.25, 0.3) is 0 Å². The molecule has 0 fully saturated rings. The number of hydrogen-bond acceptors (Lipinski definition) is 2. The van der Waals surface area contributed by atoms with E-state index in [1.54, 1.807) is 0 Å². The van der Waals surface area contributed by atoms with E-state index in [0.29, 0.717) is 5.92 Å². The summed E-state index contributed by atoms with van der Waals surface area (Å²) in [6, 6.07) is 2.13. The normalized spacial score (nSPS) is 11.4. The Kier molecular flexibility index (Phi) is 9.38. The second-order valence-electron chi connectivity index (χ2n) is 6.22. The van der Waals surface area contributed by atoms with Gasteiger partial charge in [0, 0.05) is 19.3 Å². The Labute approximate surface area is 125 Å². The highest BCUT2D eigenvalue weighted by Gasteiger charge is 2.00. The Hall–Kier alpha value is -0.830. The molecule has 3 heteroatoms. The van der Waals surface area contributed by atoms with Crippen LogP contribution in [0.5, 0.6) is 0 Å². The lowest BCUT2D eigenvalue weighted by atomic mass is 10.1. The van der Waals surface area contributed by atoms with Crippen molar-refractivity contribution < 1.29 is 0 Å². The van der Waals surface area contributed by atoms with Gasteiger partial charge >= 0.3 is 0 Å². The molecule has 1 rings (SSSR count). The molecule has 0 amide bonds. The van der Waals surface area contributed by atoms with E-state index in [4.69, 9.17) is 0 Å². The van der Waals surface area contributed by atoms with Crippen LogP contribution in [0.2, 0.25) is 0 Å². The van der Waals surface area contributed by atoms with Crippen molar-refractivity contribution >= 4 is 0 Å². The summed E-state index contributed by atoms with van der Waals surface area (Å²) in [6.07, 6.45) is 11.6. The molecule has 1 aromatic heterocycles. The number of unbranched alkanes of at least 4 members (excludes halogenated alkanes) is 6. The van der Waals surface area contributed by atoms with E-state index in [1.807, 2.05) is 0 Å². The number of nitrogens with one attached hydrogen (secondary N) is 1. The molecular formula is C17H33N3. The van der Waals surface area contributed by atoms with Crippen molar-refractivity contribution in [1.29, 1.82) is 0 Å². The van der Waals surface area contributed by atoms with Crippen molar-refractivity contribution in [3.63, 3.8) is 0 Å². The van der Waals surface area contributed by atoms with E-state index in [1.165, 1.54) is 44.9 Å². The van der Waals surface area contributed by atoms with Crippen LogP contribution in [0.1, 0.15) is 71.4 Å². The minimum absolute atomic E-state index is 0.699. The molecular weight excluding hydrogens is 246 g/mol. The summed E-state index contributed by atoms with van der Waals surface area (Å²) in [5.74, 6) is 0.699. The Morgan fingerprint density at radius 2 is 1.80 bits per heavy atom. The standard InChI is InChI=1S/C17H33N3/c1-4-5-6-7-8-9-10-12-20-13-11-17(19-20)15-18-14-16(2)3/h11,13,16,18H,4-10,12,14-15H2,1-3H3. The third-order valence-corrected chi connectivity index (χ3v) is 3.55. The van der Waals surface area contributed by atoms with Gasteiger partial charge in [-0.25, -0.2) is 0 Å². The number of aryl methyl sites for hydroxylation is 1. The van der Waals surface area contributed by atoms with Crippen LogP contribution in [0.3, 0.4) is 0 Å². The lowest BCUT2D eigenvalue weighted by molar-refractivity contribution is 0.511. The predicted octanol–water partition coefficient (Wildman–Crippen LogP) is 4.38. The number of nitrogens with zero attached hydrogens (tertiary/aromatic N) is 2. The first-order valence-corrected chi connectivity index (χ1v) is 8.45. The predicted molar refractivity (Wildman–Crippen MR) is 86.8 cm³/mol. The highest BCUT2D eigenvalue weighted by Crippen LogP contribution is 2.08. The zero-order chi connectivity index (χ0) is 14.6. The van der Waals surface area contributed by atoms with Gasteiger partial charge in [-0.15, -0.1) is 0 Å². The van der Waals surface area contributed by atoms with E-state index >= 15 is 0 Å². The van der Waals surface area contributed by atoms with Crippen molar-refractivity contribution in [3.05, 3.63) is 18.0 Å². The number of aromatic nitrogens is 2. The quantitative estimate of drug-likeness (QED) is 0.575. The molecule has 0 bridgehead atoms. The topological polar surface area (TPSA) is 29.9 Å². The molecule has 0 aliphatic heterocycles. The van der Waals surface area contributed by atoms with Gasteiger partial charge in [0.05, 0.1) is 5.69 Å². The maximum absolute atomic E-state index is 4.61. The van der Waals surface area contributed by atoms with Crippen LogP contribution < -0.4 is 5.32 Å².